The highest BCUT2D eigenvalue weighted by Crippen LogP contribution is 2.08. The molecule has 0 unspecified atom stereocenters. The molecule has 1 aromatic rings. The lowest BCUT2D eigenvalue weighted by Gasteiger charge is -2.06. The van der Waals surface area contributed by atoms with E-state index >= 15 is 0 Å². The van der Waals surface area contributed by atoms with Gasteiger partial charge in [0.25, 0.3) is 0 Å². The van der Waals surface area contributed by atoms with Gasteiger partial charge in [-0.1, -0.05) is 6.07 Å². The van der Waals surface area contributed by atoms with Crippen LogP contribution < -0.4 is 10.6 Å². The normalized spacial score (nSPS) is 9.84. The second-order valence-corrected chi connectivity index (χ2v) is 3.69. The van der Waals surface area contributed by atoms with E-state index in [9.17, 15) is 13.6 Å². The van der Waals surface area contributed by atoms with Crippen molar-refractivity contribution in [2.45, 2.75) is 6.54 Å². The molecule has 0 aliphatic carbocycles. The molecule has 108 valence electrons. The van der Waals surface area contributed by atoms with Crippen LogP contribution >= 0.6 is 12.4 Å². The Morgan fingerprint density at radius 1 is 1.32 bits per heavy atom. The van der Waals surface area contributed by atoms with E-state index in [0.717, 1.165) is 12.1 Å². The van der Waals surface area contributed by atoms with Crippen LogP contribution in [0.1, 0.15) is 5.56 Å². The van der Waals surface area contributed by atoms with Crippen LogP contribution in [0.5, 0.6) is 0 Å². The number of benzene rings is 1. The number of hydrogen-bond acceptors (Lipinski definition) is 3. The number of carbonyl (C=O) groups is 1. The third-order valence-corrected chi connectivity index (χ3v) is 2.24. The summed E-state index contributed by atoms with van der Waals surface area (Å²) >= 11 is 0. The Morgan fingerprint density at radius 2 is 2.05 bits per heavy atom. The second-order valence-electron chi connectivity index (χ2n) is 3.69. The van der Waals surface area contributed by atoms with Crippen LogP contribution in [0.25, 0.3) is 0 Å². The number of ether oxygens (including phenoxy) is 1. The van der Waals surface area contributed by atoms with Crippen molar-refractivity contribution in [3.05, 3.63) is 35.4 Å². The van der Waals surface area contributed by atoms with Crippen LogP contribution in [-0.2, 0) is 16.1 Å². The molecular weight excluding hydrogens is 278 g/mol. The van der Waals surface area contributed by atoms with Gasteiger partial charge in [-0.3, -0.25) is 4.79 Å². The zero-order valence-electron chi connectivity index (χ0n) is 10.5. The van der Waals surface area contributed by atoms with Crippen LogP contribution in [0.15, 0.2) is 18.2 Å². The molecule has 0 radical (unpaired) electrons. The number of rotatable bonds is 7. The quantitative estimate of drug-likeness (QED) is 0.744. The Bertz CT molecular complexity index is 405. The topological polar surface area (TPSA) is 50.4 Å². The Morgan fingerprint density at radius 3 is 2.68 bits per heavy atom. The molecule has 0 atom stereocenters. The van der Waals surface area contributed by atoms with Gasteiger partial charge < -0.3 is 15.4 Å². The summed E-state index contributed by atoms with van der Waals surface area (Å²) in [6.07, 6.45) is 0. The smallest absolute Gasteiger partial charge is 0.234 e. The summed E-state index contributed by atoms with van der Waals surface area (Å²) in [5.74, 6) is -2.03. The first-order valence-corrected chi connectivity index (χ1v) is 5.53. The van der Waals surface area contributed by atoms with E-state index in [2.05, 4.69) is 10.6 Å². The minimum absolute atomic E-state index is 0. The molecule has 0 fully saturated rings. The standard InChI is InChI=1S/C12H16F2N2O2.ClH/c1-18-5-4-15-8-12(17)16-7-9-2-3-10(13)11(14)6-9;/h2-3,6,15H,4-5,7-8H2,1H3,(H,16,17);1H. The van der Waals surface area contributed by atoms with Gasteiger partial charge in [-0.15, -0.1) is 12.4 Å². The van der Waals surface area contributed by atoms with Crippen LogP contribution in [-0.4, -0.2) is 32.7 Å². The molecule has 7 heteroatoms. The largest absolute Gasteiger partial charge is 0.383 e. The predicted octanol–water partition coefficient (Wildman–Crippen LogP) is 1.24. The van der Waals surface area contributed by atoms with Gasteiger partial charge in [-0.05, 0) is 17.7 Å². The van der Waals surface area contributed by atoms with Gasteiger partial charge >= 0.3 is 0 Å². The number of nitrogens with one attached hydrogen (secondary N) is 2. The Kier molecular flexibility index (Phi) is 9.03. The molecule has 4 nitrogen and oxygen atoms in total. The van der Waals surface area contributed by atoms with E-state index in [0.29, 0.717) is 18.7 Å². The lowest BCUT2D eigenvalue weighted by Crippen LogP contribution is -2.34. The summed E-state index contributed by atoms with van der Waals surface area (Å²) in [5, 5.41) is 5.46. The monoisotopic (exact) mass is 294 g/mol. The molecule has 0 saturated carbocycles. The molecular formula is C12H17ClF2N2O2. The van der Waals surface area contributed by atoms with Crippen molar-refractivity contribution < 1.29 is 18.3 Å². The minimum Gasteiger partial charge on any atom is -0.383 e. The maximum Gasteiger partial charge on any atom is 0.234 e. The molecule has 1 amide bonds. The molecule has 0 aromatic heterocycles. The highest BCUT2D eigenvalue weighted by Gasteiger charge is 2.04. The molecule has 1 aromatic carbocycles. The molecule has 1 rings (SSSR count). The summed E-state index contributed by atoms with van der Waals surface area (Å²) in [5.41, 5.74) is 0.513. The number of methoxy groups -OCH3 is 1. The van der Waals surface area contributed by atoms with Crippen LogP contribution in [0.2, 0.25) is 0 Å². The van der Waals surface area contributed by atoms with Gasteiger partial charge in [-0.2, -0.15) is 0 Å². The fourth-order valence-electron chi connectivity index (χ4n) is 1.29. The zero-order valence-corrected chi connectivity index (χ0v) is 11.4. The van der Waals surface area contributed by atoms with Gasteiger partial charge in [0, 0.05) is 20.2 Å². The summed E-state index contributed by atoms with van der Waals surface area (Å²) in [6.45, 7) is 1.43. The lowest BCUT2D eigenvalue weighted by molar-refractivity contribution is -0.120. The van der Waals surface area contributed by atoms with Crippen molar-refractivity contribution in [2.75, 3.05) is 26.8 Å². The summed E-state index contributed by atoms with van der Waals surface area (Å²) < 4.78 is 30.3. The highest BCUT2D eigenvalue weighted by molar-refractivity contribution is 5.85. The zero-order chi connectivity index (χ0) is 13.4. The van der Waals surface area contributed by atoms with E-state index < -0.39 is 11.6 Å². The van der Waals surface area contributed by atoms with Gasteiger partial charge in [0.1, 0.15) is 0 Å². The molecule has 19 heavy (non-hydrogen) atoms. The third kappa shape index (κ3) is 7.05. The van der Waals surface area contributed by atoms with E-state index in [1.807, 2.05) is 0 Å². The molecule has 0 saturated heterocycles. The molecule has 0 aliphatic heterocycles. The van der Waals surface area contributed by atoms with Crippen LogP contribution in [0.3, 0.4) is 0 Å². The van der Waals surface area contributed by atoms with Gasteiger partial charge in [0.15, 0.2) is 11.6 Å². The first kappa shape index (κ1) is 17.8. The van der Waals surface area contributed by atoms with Crippen molar-refractivity contribution in [1.29, 1.82) is 0 Å². The maximum absolute atomic E-state index is 12.9. The molecule has 0 spiro atoms. The van der Waals surface area contributed by atoms with Crippen LogP contribution in [0, 0.1) is 11.6 Å². The van der Waals surface area contributed by atoms with Gasteiger partial charge in [-0.25, -0.2) is 8.78 Å². The molecule has 0 heterocycles. The maximum atomic E-state index is 12.9. The number of amides is 1. The summed E-state index contributed by atoms with van der Waals surface area (Å²) in [4.78, 5) is 11.3. The Balaban J connectivity index is 0.00000324. The van der Waals surface area contributed by atoms with E-state index in [-0.39, 0.29) is 31.4 Å². The van der Waals surface area contributed by atoms with E-state index in [1.54, 1.807) is 7.11 Å². The summed E-state index contributed by atoms with van der Waals surface area (Å²) in [7, 11) is 1.57. The first-order valence-electron chi connectivity index (χ1n) is 5.53. The number of carbonyl (C=O) groups excluding carboxylic acids is 1. The Hall–Kier alpha value is -1.24. The highest BCUT2D eigenvalue weighted by atomic mass is 35.5. The van der Waals surface area contributed by atoms with Gasteiger partial charge in [0.05, 0.1) is 13.2 Å². The van der Waals surface area contributed by atoms with Crippen molar-refractivity contribution in [2.24, 2.45) is 0 Å². The summed E-state index contributed by atoms with van der Waals surface area (Å²) in [6, 6.07) is 3.53. The third-order valence-electron chi connectivity index (χ3n) is 2.24. The van der Waals surface area contributed by atoms with E-state index in [4.69, 9.17) is 4.74 Å². The van der Waals surface area contributed by atoms with Crippen molar-refractivity contribution in [3.63, 3.8) is 0 Å². The second kappa shape index (κ2) is 9.66. The average molecular weight is 295 g/mol. The van der Waals surface area contributed by atoms with Crippen LogP contribution in [0.4, 0.5) is 8.78 Å². The number of halogens is 3. The lowest BCUT2D eigenvalue weighted by atomic mass is 10.2. The fourth-order valence-corrected chi connectivity index (χ4v) is 1.29. The van der Waals surface area contributed by atoms with Gasteiger partial charge in [0.2, 0.25) is 5.91 Å². The van der Waals surface area contributed by atoms with E-state index in [1.165, 1.54) is 6.07 Å². The van der Waals surface area contributed by atoms with Crippen molar-refractivity contribution in [1.82, 2.24) is 10.6 Å². The number of hydrogen-bond donors (Lipinski definition) is 2. The fraction of sp³-hybridized carbons (Fsp3) is 0.417. The molecule has 0 aliphatic rings. The average Bonchev–Trinajstić information content (AvgIpc) is 2.36. The Labute approximate surface area is 116 Å². The predicted molar refractivity (Wildman–Crippen MR) is 70.2 cm³/mol. The SMILES string of the molecule is COCCNCC(=O)NCc1ccc(F)c(F)c1.Cl. The molecule has 0 bridgehead atoms. The van der Waals surface area contributed by atoms with Crippen molar-refractivity contribution >= 4 is 18.3 Å². The van der Waals surface area contributed by atoms with Crippen molar-refractivity contribution in [3.8, 4) is 0 Å². The first-order chi connectivity index (χ1) is 8.63. The molecule has 2 N–H and O–H groups in total. The minimum atomic E-state index is -0.917.